The number of rotatable bonds is 4. The first kappa shape index (κ1) is 16.4. The quantitative estimate of drug-likeness (QED) is 0.845. The van der Waals surface area contributed by atoms with Crippen molar-refractivity contribution in [2.45, 2.75) is 25.4 Å². The molecule has 0 radical (unpaired) electrons. The molecule has 3 rings (SSSR count). The van der Waals surface area contributed by atoms with Crippen molar-refractivity contribution in [3.8, 4) is 5.75 Å². The Morgan fingerprint density at radius 1 is 1.00 bits per heavy atom. The van der Waals surface area contributed by atoms with Crippen LogP contribution in [0.5, 0.6) is 5.75 Å². The summed E-state index contributed by atoms with van der Waals surface area (Å²) in [5, 5.41) is 0. The Kier molecular flexibility index (Phi) is 5.04. The minimum atomic E-state index is -0.411. The predicted molar refractivity (Wildman–Crippen MR) is 93.0 cm³/mol. The lowest BCUT2D eigenvalue weighted by Gasteiger charge is -2.41. The summed E-state index contributed by atoms with van der Waals surface area (Å²) in [4.78, 5) is 13.7. The van der Waals surface area contributed by atoms with Crippen molar-refractivity contribution in [1.82, 2.24) is 4.90 Å². The van der Waals surface area contributed by atoms with Gasteiger partial charge in [0.2, 0.25) is 0 Å². The number of hydrogen-bond acceptors (Lipinski definition) is 3. The summed E-state index contributed by atoms with van der Waals surface area (Å²) in [6.45, 7) is 3.48. The summed E-state index contributed by atoms with van der Waals surface area (Å²) < 4.78 is 11.6. The van der Waals surface area contributed by atoms with Gasteiger partial charge in [-0.3, -0.25) is 0 Å². The number of piperidine rings is 1. The van der Waals surface area contributed by atoms with Crippen LogP contribution in [0.3, 0.4) is 0 Å². The number of benzene rings is 2. The number of ether oxygens (including phenoxy) is 2. The molecule has 0 aliphatic carbocycles. The van der Waals surface area contributed by atoms with Crippen molar-refractivity contribution in [3.05, 3.63) is 66.2 Å². The maximum atomic E-state index is 12.0. The van der Waals surface area contributed by atoms with Gasteiger partial charge >= 0.3 is 6.09 Å². The summed E-state index contributed by atoms with van der Waals surface area (Å²) in [7, 11) is 0. The second-order valence-electron chi connectivity index (χ2n) is 5.96. The Labute approximate surface area is 143 Å². The third-order valence-corrected chi connectivity index (χ3v) is 4.45. The lowest BCUT2D eigenvalue weighted by atomic mass is 9.84. The van der Waals surface area contributed by atoms with E-state index in [1.54, 1.807) is 4.90 Å². The molecular weight excluding hydrogens is 302 g/mol. The smallest absolute Gasteiger partial charge is 0.409 e. The number of nitrogens with zero attached hydrogens (tertiary/aromatic N) is 1. The fourth-order valence-corrected chi connectivity index (χ4v) is 3.17. The Balaban J connectivity index is 1.82. The van der Waals surface area contributed by atoms with Gasteiger partial charge in [-0.15, -0.1) is 0 Å². The van der Waals surface area contributed by atoms with Gasteiger partial charge in [0, 0.05) is 25.9 Å². The normalized spacial score (nSPS) is 16.5. The second kappa shape index (κ2) is 7.39. The van der Waals surface area contributed by atoms with Gasteiger partial charge in [-0.05, 0) is 24.6 Å². The number of hydrogen-bond donors (Lipinski definition) is 0. The molecule has 0 N–H and O–H groups in total. The molecule has 126 valence electrons. The van der Waals surface area contributed by atoms with E-state index in [-0.39, 0.29) is 6.09 Å². The fourth-order valence-electron chi connectivity index (χ4n) is 3.17. The molecule has 0 unspecified atom stereocenters. The molecule has 2 aromatic carbocycles. The van der Waals surface area contributed by atoms with Gasteiger partial charge in [-0.2, -0.15) is 0 Å². The van der Waals surface area contributed by atoms with Crippen molar-refractivity contribution in [2.24, 2.45) is 0 Å². The number of carbonyl (C=O) groups is 1. The van der Waals surface area contributed by atoms with Crippen LogP contribution in [-0.2, 0) is 10.3 Å². The van der Waals surface area contributed by atoms with E-state index in [4.69, 9.17) is 9.47 Å². The fraction of sp³-hybridized carbons (Fsp3) is 0.350. The summed E-state index contributed by atoms with van der Waals surface area (Å²) in [5.41, 5.74) is 0.739. The average Bonchev–Trinajstić information content (AvgIpc) is 2.64. The highest BCUT2D eigenvalue weighted by molar-refractivity contribution is 5.67. The third-order valence-electron chi connectivity index (χ3n) is 4.45. The van der Waals surface area contributed by atoms with Crippen LogP contribution in [-0.4, -0.2) is 30.7 Å². The van der Waals surface area contributed by atoms with Crippen LogP contribution in [0.2, 0.25) is 0 Å². The Hall–Kier alpha value is -2.49. The van der Waals surface area contributed by atoms with E-state index in [0.717, 1.165) is 24.2 Å². The zero-order valence-corrected chi connectivity index (χ0v) is 14.0. The van der Waals surface area contributed by atoms with Gasteiger partial charge in [0.25, 0.3) is 0 Å². The van der Waals surface area contributed by atoms with Crippen molar-refractivity contribution in [3.63, 3.8) is 0 Å². The van der Waals surface area contributed by atoms with Gasteiger partial charge in [0.15, 0.2) is 0 Å². The van der Waals surface area contributed by atoms with Gasteiger partial charge in [-0.1, -0.05) is 48.5 Å². The van der Waals surface area contributed by atoms with Gasteiger partial charge in [0.1, 0.15) is 11.4 Å². The monoisotopic (exact) mass is 325 g/mol. The minimum Gasteiger partial charge on any atom is -0.482 e. The molecule has 0 spiro atoms. The Morgan fingerprint density at radius 3 is 2.17 bits per heavy atom. The van der Waals surface area contributed by atoms with Crippen LogP contribution in [0, 0.1) is 0 Å². The number of para-hydroxylation sites is 1. The lowest BCUT2D eigenvalue weighted by Crippen LogP contribution is -2.48. The Bertz CT molecular complexity index is 649. The van der Waals surface area contributed by atoms with Crippen molar-refractivity contribution < 1.29 is 14.3 Å². The molecule has 1 heterocycles. The minimum absolute atomic E-state index is 0.237. The van der Waals surface area contributed by atoms with E-state index in [9.17, 15) is 4.79 Å². The summed E-state index contributed by atoms with van der Waals surface area (Å²) in [5.74, 6) is 0.853. The van der Waals surface area contributed by atoms with Crippen molar-refractivity contribution in [2.75, 3.05) is 19.7 Å². The predicted octanol–water partition coefficient (Wildman–Crippen LogP) is 4.21. The van der Waals surface area contributed by atoms with E-state index in [1.807, 2.05) is 55.5 Å². The number of carbonyl (C=O) groups excluding carboxylic acids is 1. The molecule has 4 heteroatoms. The lowest BCUT2D eigenvalue weighted by molar-refractivity contribution is -0.00322. The highest BCUT2D eigenvalue weighted by Crippen LogP contribution is 2.37. The first-order chi connectivity index (χ1) is 11.7. The molecule has 24 heavy (non-hydrogen) atoms. The van der Waals surface area contributed by atoms with Crippen molar-refractivity contribution in [1.29, 1.82) is 0 Å². The maximum Gasteiger partial charge on any atom is 0.409 e. The summed E-state index contributed by atoms with van der Waals surface area (Å²) in [6.07, 6.45) is 1.24. The third kappa shape index (κ3) is 3.53. The maximum absolute atomic E-state index is 12.0. The average molecular weight is 325 g/mol. The zero-order chi connectivity index (χ0) is 16.8. The van der Waals surface area contributed by atoms with Crippen LogP contribution >= 0.6 is 0 Å². The molecule has 0 aromatic heterocycles. The molecule has 0 bridgehead atoms. The first-order valence-electron chi connectivity index (χ1n) is 8.45. The van der Waals surface area contributed by atoms with E-state index in [0.29, 0.717) is 19.7 Å². The topological polar surface area (TPSA) is 38.8 Å². The molecular formula is C20H23NO3. The molecule has 1 aliphatic rings. The first-order valence-corrected chi connectivity index (χ1v) is 8.45. The molecule has 2 aromatic rings. The second-order valence-corrected chi connectivity index (χ2v) is 5.96. The van der Waals surface area contributed by atoms with E-state index < -0.39 is 5.60 Å². The van der Waals surface area contributed by atoms with Crippen LogP contribution in [0.25, 0.3) is 0 Å². The summed E-state index contributed by atoms with van der Waals surface area (Å²) in [6, 6.07) is 20.1. The molecule has 0 saturated carbocycles. The molecule has 1 aliphatic heterocycles. The van der Waals surface area contributed by atoms with E-state index in [2.05, 4.69) is 12.1 Å². The van der Waals surface area contributed by atoms with Crippen LogP contribution in [0.1, 0.15) is 25.3 Å². The van der Waals surface area contributed by atoms with Crippen LogP contribution in [0.4, 0.5) is 4.79 Å². The molecule has 4 nitrogen and oxygen atoms in total. The largest absolute Gasteiger partial charge is 0.482 e. The van der Waals surface area contributed by atoms with Crippen LogP contribution in [0.15, 0.2) is 60.7 Å². The standard InChI is InChI=1S/C20H23NO3/c1-2-23-19(22)21-15-13-20(14-16-21,17-9-5-3-6-10-17)24-18-11-7-4-8-12-18/h3-12H,2,13-16H2,1H3. The molecule has 1 fully saturated rings. The van der Waals surface area contributed by atoms with Gasteiger partial charge in [0.05, 0.1) is 6.61 Å². The Morgan fingerprint density at radius 2 is 1.58 bits per heavy atom. The summed E-state index contributed by atoms with van der Waals surface area (Å²) >= 11 is 0. The number of likely N-dealkylation sites (tertiary alicyclic amines) is 1. The molecule has 1 amide bonds. The molecule has 0 atom stereocenters. The van der Waals surface area contributed by atoms with E-state index in [1.165, 1.54) is 0 Å². The highest BCUT2D eigenvalue weighted by atomic mass is 16.6. The molecule has 1 saturated heterocycles. The SMILES string of the molecule is CCOC(=O)N1CCC(Oc2ccccc2)(c2ccccc2)CC1. The highest BCUT2D eigenvalue weighted by Gasteiger charge is 2.39. The number of amides is 1. The van der Waals surface area contributed by atoms with Crippen molar-refractivity contribution >= 4 is 6.09 Å². The zero-order valence-electron chi connectivity index (χ0n) is 14.0. The van der Waals surface area contributed by atoms with Crippen LogP contribution < -0.4 is 4.74 Å². The van der Waals surface area contributed by atoms with Gasteiger partial charge in [-0.25, -0.2) is 4.79 Å². The van der Waals surface area contributed by atoms with E-state index >= 15 is 0 Å². The van der Waals surface area contributed by atoms with Gasteiger partial charge < -0.3 is 14.4 Å².